The Bertz CT molecular complexity index is 1160. The van der Waals surface area contributed by atoms with Gasteiger partial charge in [-0.3, -0.25) is 4.79 Å². The van der Waals surface area contributed by atoms with Gasteiger partial charge in [0.15, 0.2) is 16.6 Å². The molecule has 1 amide bonds. The van der Waals surface area contributed by atoms with Gasteiger partial charge in [-0.2, -0.15) is 5.10 Å². The first kappa shape index (κ1) is 21.1. The largest absolute Gasteiger partial charge is 0.451 e. The van der Waals surface area contributed by atoms with E-state index in [0.29, 0.717) is 42.7 Å². The monoisotopic (exact) mass is 440 g/mol. The molecule has 0 aliphatic heterocycles. The number of thioether (sulfide) groups is 1. The molecule has 4 aromatic rings. The molecule has 0 saturated carbocycles. The molecule has 0 aliphatic carbocycles. The van der Waals surface area contributed by atoms with E-state index >= 15 is 0 Å². The first-order valence-corrected chi connectivity index (χ1v) is 11.0. The second-order valence-corrected chi connectivity index (χ2v) is 7.95. The number of amides is 1. The van der Waals surface area contributed by atoms with Crippen LogP contribution in [0.2, 0.25) is 0 Å². The molecule has 0 bridgehead atoms. The van der Waals surface area contributed by atoms with Crippen molar-refractivity contribution in [3.8, 4) is 0 Å². The molecule has 0 aliphatic rings. The predicted octanol–water partition coefficient (Wildman–Crippen LogP) is 3.17. The van der Waals surface area contributed by atoms with Gasteiger partial charge in [-0.1, -0.05) is 36.9 Å². The molecule has 0 fully saturated rings. The molecule has 3 heterocycles. The third kappa shape index (κ3) is 4.80. The van der Waals surface area contributed by atoms with Crippen molar-refractivity contribution in [1.29, 1.82) is 0 Å². The maximum Gasteiger partial charge on any atom is 0.287 e. The van der Waals surface area contributed by atoms with Crippen molar-refractivity contribution in [2.75, 3.05) is 37.9 Å². The molecule has 0 atom stereocenters. The van der Waals surface area contributed by atoms with E-state index in [2.05, 4.69) is 32.6 Å². The molecule has 0 spiro atoms. The molecule has 0 saturated heterocycles. The highest BCUT2D eigenvalue weighted by atomic mass is 32.2. The fourth-order valence-electron chi connectivity index (χ4n) is 3.16. The number of nitrogens with zero attached hydrogens (tertiary/aromatic N) is 4. The number of carbonyl (C=O) groups excluding carboxylic acids is 1. The van der Waals surface area contributed by atoms with Gasteiger partial charge < -0.3 is 19.8 Å². The first-order chi connectivity index (χ1) is 15.2. The summed E-state index contributed by atoms with van der Waals surface area (Å²) < 4.78 is 12.5. The van der Waals surface area contributed by atoms with Crippen molar-refractivity contribution in [3.63, 3.8) is 0 Å². The van der Waals surface area contributed by atoms with Crippen LogP contribution >= 0.6 is 11.8 Å². The van der Waals surface area contributed by atoms with Crippen LogP contribution in [0, 0.1) is 0 Å². The lowest BCUT2D eigenvalue weighted by atomic mass is 10.2. The van der Waals surface area contributed by atoms with Crippen molar-refractivity contribution < 1.29 is 13.9 Å². The van der Waals surface area contributed by atoms with Gasteiger partial charge in [0.05, 0.1) is 24.7 Å². The summed E-state index contributed by atoms with van der Waals surface area (Å²) in [5, 5.41) is 13.0. The predicted molar refractivity (Wildman–Crippen MR) is 121 cm³/mol. The minimum Gasteiger partial charge on any atom is -0.451 e. The number of benzene rings is 1. The fraction of sp³-hybridized carbons (Fsp3) is 0.333. The van der Waals surface area contributed by atoms with Crippen LogP contribution < -0.4 is 10.6 Å². The average Bonchev–Trinajstić information content (AvgIpc) is 3.39. The van der Waals surface area contributed by atoms with Gasteiger partial charge in [0.2, 0.25) is 0 Å². The van der Waals surface area contributed by atoms with E-state index in [0.717, 1.165) is 28.0 Å². The normalized spacial score (nSPS) is 11.3. The van der Waals surface area contributed by atoms with Crippen molar-refractivity contribution in [1.82, 2.24) is 25.1 Å². The summed E-state index contributed by atoms with van der Waals surface area (Å²) in [6.07, 6.45) is 1.74. The van der Waals surface area contributed by atoms with Gasteiger partial charge in [-0.05, 0) is 17.9 Å². The first-order valence-electron chi connectivity index (χ1n) is 10.1. The second-order valence-electron chi connectivity index (χ2n) is 6.72. The van der Waals surface area contributed by atoms with Gasteiger partial charge in [0, 0.05) is 25.6 Å². The second kappa shape index (κ2) is 9.80. The Balaban J connectivity index is 1.46. The van der Waals surface area contributed by atoms with E-state index < -0.39 is 0 Å². The number of para-hydroxylation sites is 1. The fourth-order valence-corrected chi connectivity index (χ4v) is 3.72. The Morgan fingerprint density at radius 2 is 2.13 bits per heavy atom. The third-order valence-corrected chi connectivity index (χ3v) is 5.34. The number of fused-ring (bicyclic) bond motifs is 2. The smallest absolute Gasteiger partial charge is 0.287 e. The highest BCUT2D eigenvalue weighted by Crippen LogP contribution is 2.24. The Hall–Kier alpha value is -3.11. The van der Waals surface area contributed by atoms with E-state index in [1.165, 1.54) is 0 Å². The van der Waals surface area contributed by atoms with Crippen molar-refractivity contribution in [2.45, 2.75) is 18.6 Å². The maximum atomic E-state index is 12.5. The lowest BCUT2D eigenvalue weighted by Gasteiger charge is -2.09. The Kier molecular flexibility index (Phi) is 6.68. The molecule has 3 aromatic heterocycles. The van der Waals surface area contributed by atoms with Crippen LogP contribution in [0.3, 0.4) is 0 Å². The lowest BCUT2D eigenvalue weighted by molar-refractivity contribution is 0.0926. The topological polar surface area (TPSA) is 107 Å². The number of aromatic nitrogens is 4. The summed E-state index contributed by atoms with van der Waals surface area (Å²) in [6.45, 7) is 4.13. The zero-order valence-corrected chi connectivity index (χ0v) is 18.2. The van der Waals surface area contributed by atoms with Gasteiger partial charge in [0.1, 0.15) is 11.4 Å². The molecule has 162 valence electrons. The number of hydrogen-bond donors (Lipinski definition) is 2. The van der Waals surface area contributed by atoms with Gasteiger partial charge >= 0.3 is 0 Å². The number of nitrogens with one attached hydrogen (secondary N) is 2. The summed E-state index contributed by atoms with van der Waals surface area (Å²) >= 11 is 1.57. The van der Waals surface area contributed by atoms with Crippen molar-refractivity contribution in [3.05, 3.63) is 42.3 Å². The number of methoxy groups -OCH3 is 1. The summed E-state index contributed by atoms with van der Waals surface area (Å²) in [5.41, 5.74) is 1.42. The lowest BCUT2D eigenvalue weighted by Crippen LogP contribution is -2.27. The average molecular weight is 441 g/mol. The molecule has 0 unspecified atom stereocenters. The Morgan fingerprint density at radius 1 is 1.26 bits per heavy atom. The summed E-state index contributed by atoms with van der Waals surface area (Å²) in [4.78, 5) is 21.7. The highest BCUT2D eigenvalue weighted by Gasteiger charge is 2.15. The van der Waals surface area contributed by atoms with E-state index in [4.69, 9.17) is 9.15 Å². The van der Waals surface area contributed by atoms with Crippen LogP contribution in [-0.2, 0) is 11.3 Å². The minimum absolute atomic E-state index is 0.258. The van der Waals surface area contributed by atoms with Crippen LogP contribution in [0.25, 0.3) is 22.0 Å². The maximum absolute atomic E-state index is 12.5. The number of carbonyl (C=O) groups is 1. The van der Waals surface area contributed by atoms with Crippen LogP contribution in [0.15, 0.2) is 46.1 Å². The van der Waals surface area contributed by atoms with Crippen LogP contribution in [0.4, 0.5) is 5.82 Å². The Morgan fingerprint density at radius 3 is 2.94 bits per heavy atom. The van der Waals surface area contributed by atoms with E-state index in [-0.39, 0.29) is 5.91 Å². The minimum atomic E-state index is -0.258. The van der Waals surface area contributed by atoms with Gasteiger partial charge in [0.25, 0.3) is 5.91 Å². The van der Waals surface area contributed by atoms with Crippen LogP contribution in [0.1, 0.15) is 17.5 Å². The van der Waals surface area contributed by atoms with Gasteiger partial charge in [-0.25, -0.2) is 14.6 Å². The molecule has 4 rings (SSSR count). The van der Waals surface area contributed by atoms with E-state index in [1.807, 2.05) is 24.3 Å². The van der Waals surface area contributed by atoms with Crippen LogP contribution in [0.5, 0.6) is 0 Å². The zero-order valence-electron chi connectivity index (χ0n) is 17.4. The van der Waals surface area contributed by atoms with E-state index in [1.54, 1.807) is 35.8 Å². The number of anilines is 1. The van der Waals surface area contributed by atoms with Crippen molar-refractivity contribution >= 4 is 45.5 Å². The van der Waals surface area contributed by atoms with Gasteiger partial charge in [-0.15, -0.1) is 0 Å². The van der Waals surface area contributed by atoms with E-state index in [9.17, 15) is 4.79 Å². The van der Waals surface area contributed by atoms with Crippen LogP contribution in [-0.4, -0.2) is 58.2 Å². The standard InChI is InChI=1S/C21H24N6O3S/c1-3-31-21-25-18(22-9-11-29-2)15-13-24-27(19(15)26-21)10-8-23-20(28)17-12-14-6-4-5-7-16(14)30-17/h4-7,12-13H,3,8-11H2,1-2H3,(H,23,28)(H,22,25,26). The number of rotatable bonds is 10. The number of ether oxygens (including phenoxy) is 1. The summed E-state index contributed by atoms with van der Waals surface area (Å²) in [6, 6.07) is 9.28. The SMILES string of the molecule is CCSc1nc(NCCOC)c2cnn(CCNC(=O)c3cc4ccccc4o3)c2n1. The molecule has 2 N–H and O–H groups in total. The number of hydrogen-bond acceptors (Lipinski definition) is 8. The molecule has 0 radical (unpaired) electrons. The molecular formula is C21H24N6O3S. The summed E-state index contributed by atoms with van der Waals surface area (Å²) in [5.74, 6) is 1.63. The molecule has 9 nitrogen and oxygen atoms in total. The van der Waals surface area contributed by atoms with Crippen molar-refractivity contribution in [2.24, 2.45) is 0 Å². The molecule has 10 heteroatoms. The number of furan rings is 1. The molecular weight excluding hydrogens is 416 g/mol. The zero-order chi connectivity index (χ0) is 21.6. The third-order valence-electron chi connectivity index (χ3n) is 4.61. The quantitative estimate of drug-likeness (QED) is 0.220. The molecule has 1 aromatic carbocycles. The summed E-state index contributed by atoms with van der Waals surface area (Å²) in [7, 11) is 1.66. The molecule has 31 heavy (non-hydrogen) atoms. The highest BCUT2D eigenvalue weighted by molar-refractivity contribution is 7.99. The Labute approximate surface area is 183 Å².